The van der Waals surface area contributed by atoms with Crippen molar-refractivity contribution < 1.29 is 4.79 Å². The minimum absolute atomic E-state index is 0.0290. The van der Waals surface area contributed by atoms with Crippen LogP contribution in [-0.4, -0.2) is 25.0 Å². The molecule has 1 heterocycles. The van der Waals surface area contributed by atoms with E-state index in [-0.39, 0.29) is 11.9 Å². The molecule has 0 bridgehead atoms. The average Bonchev–Trinajstić information content (AvgIpc) is 2.86. The van der Waals surface area contributed by atoms with Gasteiger partial charge in [-0.3, -0.25) is 4.79 Å². The second-order valence-corrected chi connectivity index (χ2v) is 4.37. The van der Waals surface area contributed by atoms with Crippen LogP contribution in [0.25, 0.3) is 0 Å². The molecule has 1 aliphatic rings. The highest BCUT2D eigenvalue weighted by molar-refractivity contribution is 5.95. The first-order chi connectivity index (χ1) is 8.29. The molecule has 1 aromatic rings. The van der Waals surface area contributed by atoms with E-state index in [4.69, 9.17) is 5.73 Å². The lowest BCUT2D eigenvalue weighted by Gasteiger charge is -2.11. The van der Waals surface area contributed by atoms with E-state index >= 15 is 0 Å². The van der Waals surface area contributed by atoms with Crippen LogP contribution in [0.4, 0.5) is 5.69 Å². The van der Waals surface area contributed by atoms with E-state index in [2.05, 4.69) is 10.6 Å². The van der Waals surface area contributed by atoms with Gasteiger partial charge in [-0.15, -0.1) is 0 Å². The minimum atomic E-state index is -0.0290. The van der Waals surface area contributed by atoms with Crippen molar-refractivity contribution in [1.82, 2.24) is 5.32 Å². The second kappa shape index (κ2) is 5.80. The van der Waals surface area contributed by atoms with Crippen LogP contribution in [0.2, 0.25) is 0 Å². The molecule has 1 fully saturated rings. The predicted molar refractivity (Wildman–Crippen MR) is 68.9 cm³/mol. The van der Waals surface area contributed by atoms with Crippen LogP contribution in [-0.2, 0) is 11.2 Å². The monoisotopic (exact) mass is 233 g/mol. The van der Waals surface area contributed by atoms with Crippen molar-refractivity contribution in [3.63, 3.8) is 0 Å². The highest BCUT2D eigenvalue weighted by Crippen LogP contribution is 2.12. The second-order valence-electron chi connectivity index (χ2n) is 4.37. The van der Waals surface area contributed by atoms with Crippen molar-refractivity contribution in [2.75, 3.05) is 18.4 Å². The number of carbonyl (C=O) groups is 1. The first-order valence-corrected chi connectivity index (χ1v) is 6.13. The van der Waals surface area contributed by atoms with Gasteiger partial charge in [0.1, 0.15) is 0 Å². The summed E-state index contributed by atoms with van der Waals surface area (Å²) in [5.74, 6) is 0.0640. The van der Waals surface area contributed by atoms with E-state index in [0.717, 1.165) is 31.5 Å². The van der Waals surface area contributed by atoms with Gasteiger partial charge < -0.3 is 16.4 Å². The first kappa shape index (κ1) is 12.1. The van der Waals surface area contributed by atoms with Gasteiger partial charge in [0.2, 0.25) is 5.91 Å². The molecular weight excluding hydrogens is 214 g/mol. The van der Waals surface area contributed by atoms with Crippen LogP contribution in [0, 0.1) is 0 Å². The summed E-state index contributed by atoms with van der Waals surface area (Å²) in [5, 5.41) is 6.10. The molecule has 17 heavy (non-hydrogen) atoms. The molecule has 1 aliphatic heterocycles. The van der Waals surface area contributed by atoms with Crippen molar-refractivity contribution in [2.45, 2.75) is 25.3 Å². The highest BCUT2D eigenvalue weighted by Gasteiger charge is 2.21. The Morgan fingerprint density at radius 3 is 2.76 bits per heavy atom. The Morgan fingerprint density at radius 1 is 1.41 bits per heavy atom. The number of hydrogen-bond acceptors (Lipinski definition) is 3. The van der Waals surface area contributed by atoms with Crippen LogP contribution in [0.5, 0.6) is 0 Å². The van der Waals surface area contributed by atoms with E-state index in [9.17, 15) is 4.79 Å². The van der Waals surface area contributed by atoms with Crippen LogP contribution in [0.1, 0.15) is 18.4 Å². The fourth-order valence-electron chi connectivity index (χ4n) is 2.06. The van der Waals surface area contributed by atoms with Gasteiger partial charge >= 0.3 is 0 Å². The fourth-order valence-corrected chi connectivity index (χ4v) is 2.06. The lowest BCUT2D eigenvalue weighted by atomic mass is 10.1. The zero-order valence-electron chi connectivity index (χ0n) is 9.91. The van der Waals surface area contributed by atoms with Crippen molar-refractivity contribution in [2.24, 2.45) is 5.73 Å². The molecule has 1 atom stereocenters. The molecule has 0 aromatic heterocycles. The third kappa shape index (κ3) is 3.28. The normalized spacial score (nSPS) is 19.2. The summed E-state index contributed by atoms with van der Waals surface area (Å²) in [5.41, 5.74) is 7.53. The molecule has 1 amide bonds. The number of amides is 1. The van der Waals surface area contributed by atoms with Crippen molar-refractivity contribution in [3.8, 4) is 0 Å². The first-order valence-electron chi connectivity index (χ1n) is 6.13. The summed E-state index contributed by atoms with van der Waals surface area (Å²) in [6, 6.07) is 7.84. The largest absolute Gasteiger partial charge is 0.330 e. The summed E-state index contributed by atoms with van der Waals surface area (Å²) in [6.07, 6.45) is 2.88. The Kier molecular flexibility index (Phi) is 4.12. The lowest BCUT2D eigenvalue weighted by Crippen LogP contribution is -2.35. The molecule has 1 aromatic carbocycles. The molecule has 1 saturated heterocycles. The summed E-state index contributed by atoms with van der Waals surface area (Å²) in [7, 11) is 0. The Bertz CT molecular complexity index is 369. The van der Waals surface area contributed by atoms with Gasteiger partial charge in [0, 0.05) is 5.69 Å². The maximum absolute atomic E-state index is 11.8. The van der Waals surface area contributed by atoms with E-state index in [1.54, 1.807) is 0 Å². The molecule has 0 saturated carbocycles. The van der Waals surface area contributed by atoms with Gasteiger partial charge in [-0.1, -0.05) is 12.1 Å². The zero-order chi connectivity index (χ0) is 12.1. The number of hydrogen-bond donors (Lipinski definition) is 3. The topological polar surface area (TPSA) is 67.1 Å². The van der Waals surface area contributed by atoms with Gasteiger partial charge in [0.15, 0.2) is 0 Å². The van der Waals surface area contributed by atoms with E-state index < -0.39 is 0 Å². The van der Waals surface area contributed by atoms with Crippen LogP contribution >= 0.6 is 0 Å². The number of nitrogens with one attached hydrogen (secondary N) is 2. The molecule has 4 N–H and O–H groups in total. The van der Waals surface area contributed by atoms with E-state index in [1.807, 2.05) is 24.3 Å². The standard InChI is InChI=1S/C13H19N3O/c14-8-7-10-3-5-11(6-4-10)16-13(17)12-2-1-9-15-12/h3-6,12,15H,1-2,7-9,14H2,(H,16,17)/t12-/m1/s1. The van der Waals surface area contributed by atoms with Crippen molar-refractivity contribution in [3.05, 3.63) is 29.8 Å². The Morgan fingerprint density at radius 2 is 2.18 bits per heavy atom. The Labute approximate surface area is 102 Å². The smallest absolute Gasteiger partial charge is 0.241 e. The van der Waals surface area contributed by atoms with Crippen molar-refractivity contribution in [1.29, 1.82) is 0 Å². The predicted octanol–water partition coefficient (Wildman–Crippen LogP) is 0.878. The third-order valence-electron chi connectivity index (χ3n) is 3.03. The highest BCUT2D eigenvalue weighted by atomic mass is 16.2. The third-order valence-corrected chi connectivity index (χ3v) is 3.03. The number of benzene rings is 1. The maximum atomic E-state index is 11.8. The quantitative estimate of drug-likeness (QED) is 0.723. The fraction of sp³-hybridized carbons (Fsp3) is 0.462. The number of carbonyl (C=O) groups excluding carboxylic acids is 1. The number of rotatable bonds is 4. The molecule has 0 aliphatic carbocycles. The lowest BCUT2D eigenvalue weighted by molar-refractivity contribution is -0.117. The molecule has 4 nitrogen and oxygen atoms in total. The molecular formula is C13H19N3O. The van der Waals surface area contributed by atoms with Gasteiger partial charge in [-0.25, -0.2) is 0 Å². The molecule has 0 radical (unpaired) electrons. The number of anilines is 1. The van der Waals surface area contributed by atoms with E-state index in [1.165, 1.54) is 5.56 Å². The zero-order valence-corrected chi connectivity index (χ0v) is 9.91. The Balaban J connectivity index is 1.91. The average molecular weight is 233 g/mol. The summed E-state index contributed by atoms with van der Waals surface area (Å²) in [6.45, 7) is 1.59. The van der Waals surface area contributed by atoms with Crippen LogP contribution in [0.15, 0.2) is 24.3 Å². The van der Waals surface area contributed by atoms with E-state index in [0.29, 0.717) is 6.54 Å². The molecule has 0 unspecified atom stereocenters. The van der Waals surface area contributed by atoms with Gasteiger partial charge in [0.25, 0.3) is 0 Å². The molecule has 4 heteroatoms. The summed E-state index contributed by atoms with van der Waals surface area (Å²) >= 11 is 0. The Hall–Kier alpha value is -1.39. The maximum Gasteiger partial charge on any atom is 0.241 e. The molecule has 2 rings (SSSR count). The molecule has 92 valence electrons. The summed E-state index contributed by atoms with van der Waals surface area (Å²) < 4.78 is 0. The van der Waals surface area contributed by atoms with Gasteiger partial charge in [-0.2, -0.15) is 0 Å². The van der Waals surface area contributed by atoms with Gasteiger partial charge in [0.05, 0.1) is 6.04 Å². The summed E-state index contributed by atoms with van der Waals surface area (Å²) in [4.78, 5) is 11.8. The van der Waals surface area contributed by atoms with Gasteiger partial charge in [-0.05, 0) is 50.0 Å². The van der Waals surface area contributed by atoms with Crippen LogP contribution < -0.4 is 16.4 Å². The molecule has 0 spiro atoms. The van der Waals surface area contributed by atoms with Crippen molar-refractivity contribution >= 4 is 11.6 Å². The minimum Gasteiger partial charge on any atom is -0.330 e. The SMILES string of the molecule is NCCc1ccc(NC(=O)[C@H]2CCCN2)cc1. The number of nitrogens with two attached hydrogens (primary N) is 1. The van der Waals surface area contributed by atoms with Crippen LogP contribution in [0.3, 0.4) is 0 Å².